The predicted molar refractivity (Wildman–Crippen MR) is 59.2 cm³/mol. The van der Waals surface area contributed by atoms with E-state index < -0.39 is 0 Å². The predicted octanol–water partition coefficient (Wildman–Crippen LogP) is 3.55. The SMILES string of the molecule is COC(=O)CCCCCCC(C)(C)C. The van der Waals surface area contributed by atoms with E-state index in [-0.39, 0.29) is 5.97 Å². The molecule has 0 unspecified atom stereocenters. The molecule has 0 spiro atoms. The maximum absolute atomic E-state index is 10.8. The van der Waals surface area contributed by atoms with E-state index in [1.54, 1.807) is 0 Å². The Balaban J connectivity index is 3.18. The zero-order valence-corrected chi connectivity index (χ0v) is 10.1. The molecule has 84 valence electrons. The fourth-order valence-electron chi connectivity index (χ4n) is 1.38. The molecule has 14 heavy (non-hydrogen) atoms. The number of ether oxygens (including phenoxy) is 1. The minimum absolute atomic E-state index is 0.0826. The Labute approximate surface area is 88.0 Å². The number of carbonyl (C=O) groups is 1. The molecule has 2 heteroatoms. The summed E-state index contributed by atoms with van der Waals surface area (Å²) in [5, 5.41) is 0. The molecule has 0 aromatic rings. The van der Waals surface area contributed by atoms with Gasteiger partial charge in [-0.1, -0.05) is 40.0 Å². The number of carbonyl (C=O) groups excluding carboxylic acids is 1. The van der Waals surface area contributed by atoms with Gasteiger partial charge in [0.25, 0.3) is 0 Å². The van der Waals surface area contributed by atoms with Crippen LogP contribution in [0.25, 0.3) is 0 Å². The van der Waals surface area contributed by atoms with E-state index in [0.717, 1.165) is 12.8 Å². The molecular formula is C12H24O2. The van der Waals surface area contributed by atoms with E-state index in [2.05, 4.69) is 25.5 Å². The molecule has 0 aromatic carbocycles. The van der Waals surface area contributed by atoms with E-state index in [1.807, 2.05) is 0 Å². The molecule has 0 saturated heterocycles. The van der Waals surface area contributed by atoms with Crippen molar-refractivity contribution in [2.45, 2.75) is 59.3 Å². The smallest absolute Gasteiger partial charge is 0.305 e. The summed E-state index contributed by atoms with van der Waals surface area (Å²) in [6.45, 7) is 6.80. The van der Waals surface area contributed by atoms with Gasteiger partial charge in [-0.15, -0.1) is 0 Å². The quantitative estimate of drug-likeness (QED) is 0.484. The van der Waals surface area contributed by atoms with E-state index in [9.17, 15) is 4.79 Å². The van der Waals surface area contributed by atoms with Crippen molar-refractivity contribution >= 4 is 5.97 Å². The van der Waals surface area contributed by atoms with Crippen LogP contribution in [0.15, 0.2) is 0 Å². The lowest BCUT2D eigenvalue weighted by atomic mass is 9.89. The molecule has 0 fully saturated rings. The zero-order valence-electron chi connectivity index (χ0n) is 10.1. The van der Waals surface area contributed by atoms with Gasteiger partial charge >= 0.3 is 5.97 Å². The van der Waals surface area contributed by atoms with Gasteiger partial charge in [0.2, 0.25) is 0 Å². The van der Waals surface area contributed by atoms with Gasteiger partial charge in [-0.25, -0.2) is 0 Å². The number of hydrogen-bond acceptors (Lipinski definition) is 2. The van der Waals surface area contributed by atoms with Gasteiger partial charge in [-0.05, 0) is 18.3 Å². The van der Waals surface area contributed by atoms with Gasteiger partial charge < -0.3 is 4.74 Å². The summed E-state index contributed by atoms with van der Waals surface area (Å²) in [4.78, 5) is 10.8. The summed E-state index contributed by atoms with van der Waals surface area (Å²) >= 11 is 0. The highest BCUT2D eigenvalue weighted by atomic mass is 16.5. The lowest BCUT2D eigenvalue weighted by Gasteiger charge is -2.17. The molecule has 0 aliphatic carbocycles. The van der Waals surface area contributed by atoms with Gasteiger partial charge in [-0.2, -0.15) is 0 Å². The summed E-state index contributed by atoms with van der Waals surface area (Å²) < 4.78 is 4.57. The molecule has 0 atom stereocenters. The van der Waals surface area contributed by atoms with E-state index in [0.29, 0.717) is 11.8 Å². The summed E-state index contributed by atoms with van der Waals surface area (Å²) in [7, 11) is 1.45. The standard InChI is InChI=1S/C12H24O2/c1-12(2,3)10-8-6-5-7-9-11(13)14-4/h5-10H2,1-4H3. The Kier molecular flexibility index (Phi) is 6.60. The Hall–Kier alpha value is -0.530. The highest BCUT2D eigenvalue weighted by Crippen LogP contribution is 2.22. The minimum atomic E-state index is -0.0826. The third kappa shape index (κ3) is 9.56. The number of esters is 1. The average molecular weight is 200 g/mol. The largest absolute Gasteiger partial charge is 0.469 e. The number of unbranched alkanes of at least 4 members (excludes halogenated alkanes) is 3. The van der Waals surface area contributed by atoms with Gasteiger partial charge in [0, 0.05) is 6.42 Å². The van der Waals surface area contributed by atoms with Crippen molar-refractivity contribution in [2.24, 2.45) is 5.41 Å². The van der Waals surface area contributed by atoms with Gasteiger partial charge in [0.1, 0.15) is 0 Å². The molecule has 0 aromatic heterocycles. The van der Waals surface area contributed by atoms with Crippen LogP contribution >= 0.6 is 0 Å². The first-order valence-electron chi connectivity index (χ1n) is 5.52. The number of hydrogen-bond donors (Lipinski definition) is 0. The van der Waals surface area contributed by atoms with E-state index in [4.69, 9.17) is 0 Å². The van der Waals surface area contributed by atoms with Crippen molar-refractivity contribution in [3.05, 3.63) is 0 Å². The van der Waals surface area contributed by atoms with Crippen LogP contribution in [0.4, 0.5) is 0 Å². The fourth-order valence-corrected chi connectivity index (χ4v) is 1.38. The Bertz CT molecular complexity index is 156. The summed E-state index contributed by atoms with van der Waals surface area (Å²) in [5.41, 5.74) is 0.447. The number of methoxy groups -OCH3 is 1. The van der Waals surface area contributed by atoms with Crippen LogP contribution in [0.5, 0.6) is 0 Å². The third-order valence-corrected chi connectivity index (χ3v) is 2.29. The van der Waals surface area contributed by atoms with Crippen molar-refractivity contribution < 1.29 is 9.53 Å². The van der Waals surface area contributed by atoms with Crippen LogP contribution in [0, 0.1) is 5.41 Å². The number of rotatable bonds is 6. The molecule has 0 rings (SSSR count). The van der Waals surface area contributed by atoms with Gasteiger partial charge in [-0.3, -0.25) is 4.79 Å². The fraction of sp³-hybridized carbons (Fsp3) is 0.917. The van der Waals surface area contributed by atoms with Crippen LogP contribution in [0.2, 0.25) is 0 Å². The topological polar surface area (TPSA) is 26.3 Å². The summed E-state index contributed by atoms with van der Waals surface area (Å²) in [6.07, 6.45) is 6.46. The third-order valence-electron chi connectivity index (χ3n) is 2.29. The van der Waals surface area contributed by atoms with Gasteiger partial charge in [0.15, 0.2) is 0 Å². The second kappa shape index (κ2) is 6.86. The average Bonchev–Trinajstić information content (AvgIpc) is 2.08. The second-order valence-corrected chi connectivity index (χ2v) is 5.05. The van der Waals surface area contributed by atoms with Gasteiger partial charge in [0.05, 0.1) is 7.11 Å². The van der Waals surface area contributed by atoms with Crippen LogP contribution in [0.1, 0.15) is 59.3 Å². The zero-order chi connectivity index (χ0) is 11.0. The summed E-state index contributed by atoms with van der Waals surface area (Å²) in [5.74, 6) is -0.0826. The molecule has 0 N–H and O–H groups in total. The van der Waals surface area contributed by atoms with Crippen molar-refractivity contribution in [3.8, 4) is 0 Å². The molecule has 0 bridgehead atoms. The minimum Gasteiger partial charge on any atom is -0.469 e. The molecule has 2 nitrogen and oxygen atoms in total. The Morgan fingerprint density at radius 2 is 1.64 bits per heavy atom. The van der Waals surface area contributed by atoms with Crippen molar-refractivity contribution in [2.75, 3.05) is 7.11 Å². The lowest BCUT2D eigenvalue weighted by molar-refractivity contribution is -0.140. The molecule has 0 amide bonds. The Morgan fingerprint density at radius 1 is 1.07 bits per heavy atom. The first kappa shape index (κ1) is 13.5. The molecule has 0 saturated carbocycles. The van der Waals surface area contributed by atoms with Crippen molar-refractivity contribution in [1.29, 1.82) is 0 Å². The monoisotopic (exact) mass is 200 g/mol. The summed E-state index contributed by atoms with van der Waals surface area (Å²) in [6, 6.07) is 0. The first-order valence-corrected chi connectivity index (χ1v) is 5.52. The van der Waals surface area contributed by atoms with Crippen molar-refractivity contribution in [1.82, 2.24) is 0 Å². The van der Waals surface area contributed by atoms with Crippen LogP contribution in [-0.2, 0) is 9.53 Å². The molecule has 0 heterocycles. The highest BCUT2D eigenvalue weighted by molar-refractivity contribution is 5.68. The molecule has 0 aliphatic rings. The molecular weight excluding hydrogens is 176 g/mol. The molecule has 0 radical (unpaired) electrons. The van der Waals surface area contributed by atoms with Crippen LogP contribution < -0.4 is 0 Å². The maximum atomic E-state index is 10.8. The maximum Gasteiger partial charge on any atom is 0.305 e. The molecule has 0 aliphatic heterocycles. The van der Waals surface area contributed by atoms with Crippen molar-refractivity contribution in [3.63, 3.8) is 0 Å². The highest BCUT2D eigenvalue weighted by Gasteiger charge is 2.08. The normalized spacial score (nSPS) is 11.4. The first-order chi connectivity index (χ1) is 6.45. The van der Waals surface area contributed by atoms with E-state index in [1.165, 1.54) is 26.4 Å². The lowest BCUT2D eigenvalue weighted by Crippen LogP contribution is -2.04. The van der Waals surface area contributed by atoms with Crippen LogP contribution in [-0.4, -0.2) is 13.1 Å². The second-order valence-electron chi connectivity index (χ2n) is 5.05. The van der Waals surface area contributed by atoms with Crippen LogP contribution in [0.3, 0.4) is 0 Å². The van der Waals surface area contributed by atoms with E-state index >= 15 is 0 Å². The Morgan fingerprint density at radius 3 is 2.14 bits per heavy atom.